The fourth-order valence-electron chi connectivity index (χ4n) is 2.97. The van der Waals surface area contributed by atoms with E-state index in [0.29, 0.717) is 6.04 Å². The minimum atomic E-state index is -0.0113. The predicted octanol–water partition coefficient (Wildman–Crippen LogP) is 3.96. The maximum Gasteiger partial charge on any atom is 0.321 e. The number of hydrogen-bond donors (Lipinski definition) is 2. The first-order chi connectivity index (χ1) is 9.74. The van der Waals surface area contributed by atoms with Crippen molar-refractivity contribution >= 4 is 22.6 Å². The fraction of sp³-hybridized carbons (Fsp3) is 0.438. The van der Waals surface area contributed by atoms with Crippen LogP contribution in [0.25, 0.3) is 10.9 Å². The molecule has 0 unspecified atom stereocenters. The molecule has 1 heterocycles. The van der Waals surface area contributed by atoms with Gasteiger partial charge in [0.1, 0.15) is 0 Å². The van der Waals surface area contributed by atoms with Crippen LogP contribution in [0.1, 0.15) is 32.1 Å². The highest BCUT2D eigenvalue weighted by Gasteiger charge is 2.21. The van der Waals surface area contributed by atoms with E-state index in [1.807, 2.05) is 42.4 Å². The molecule has 1 aliphatic carbocycles. The highest BCUT2D eigenvalue weighted by atomic mass is 16.2. The second-order valence-electron chi connectivity index (χ2n) is 5.61. The number of aromatic nitrogens is 1. The molecule has 0 saturated heterocycles. The molecule has 0 bridgehead atoms. The molecule has 2 aromatic rings. The van der Waals surface area contributed by atoms with Crippen molar-refractivity contribution in [1.82, 2.24) is 9.88 Å². The van der Waals surface area contributed by atoms with E-state index in [1.54, 1.807) is 0 Å². The lowest BCUT2D eigenvalue weighted by Crippen LogP contribution is -2.40. The summed E-state index contributed by atoms with van der Waals surface area (Å²) in [5.41, 5.74) is 1.88. The average Bonchev–Trinajstić information content (AvgIpc) is 2.95. The van der Waals surface area contributed by atoms with E-state index in [-0.39, 0.29) is 6.03 Å². The van der Waals surface area contributed by atoms with Gasteiger partial charge in [0.15, 0.2) is 0 Å². The Balaban J connectivity index is 1.67. The largest absolute Gasteiger partial charge is 0.361 e. The Hall–Kier alpha value is -1.97. The third-order valence-corrected chi connectivity index (χ3v) is 4.25. The Morgan fingerprint density at radius 3 is 2.85 bits per heavy atom. The first-order valence-electron chi connectivity index (χ1n) is 7.35. The molecule has 2 amide bonds. The lowest BCUT2D eigenvalue weighted by Gasteiger charge is -2.31. The first kappa shape index (κ1) is 13.0. The molecule has 1 aromatic heterocycles. The van der Waals surface area contributed by atoms with E-state index in [4.69, 9.17) is 0 Å². The molecule has 106 valence electrons. The van der Waals surface area contributed by atoms with Crippen molar-refractivity contribution in [2.24, 2.45) is 0 Å². The van der Waals surface area contributed by atoms with E-state index in [9.17, 15) is 4.79 Å². The lowest BCUT2D eigenvalue weighted by molar-refractivity contribution is 0.186. The van der Waals surface area contributed by atoms with E-state index in [2.05, 4.69) is 10.3 Å². The van der Waals surface area contributed by atoms with Crippen LogP contribution in [0.2, 0.25) is 0 Å². The van der Waals surface area contributed by atoms with Gasteiger partial charge in [0.05, 0.1) is 0 Å². The fourth-order valence-corrected chi connectivity index (χ4v) is 2.97. The highest BCUT2D eigenvalue weighted by Crippen LogP contribution is 2.23. The number of benzene rings is 1. The smallest absolute Gasteiger partial charge is 0.321 e. The number of rotatable bonds is 2. The Morgan fingerprint density at radius 2 is 2.05 bits per heavy atom. The van der Waals surface area contributed by atoms with Crippen molar-refractivity contribution in [1.29, 1.82) is 0 Å². The number of carbonyl (C=O) groups excluding carboxylic acids is 1. The van der Waals surface area contributed by atoms with E-state index < -0.39 is 0 Å². The molecular weight excluding hydrogens is 250 g/mol. The number of carbonyl (C=O) groups is 1. The minimum Gasteiger partial charge on any atom is -0.361 e. The van der Waals surface area contributed by atoms with Crippen LogP contribution in [-0.4, -0.2) is 29.0 Å². The topological polar surface area (TPSA) is 48.1 Å². The monoisotopic (exact) mass is 271 g/mol. The number of fused-ring (bicyclic) bond motifs is 1. The van der Waals surface area contributed by atoms with Crippen LogP contribution in [0.5, 0.6) is 0 Å². The van der Waals surface area contributed by atoms with Gasteiger partial charge in [-0.15, -0.1) is 0 Å². The van der Waals surface area contributed by atoms with Crippen molar-refractivity contribution in [3.05, 3.63) is 30.5 Å². The SMILES string of the molecule is CN(C(=O)Nc1ccc2cc[nH]c2c1)C1CCCCC1. The van der Waals surface area contributed by atoms with Crippen molar-refractivity contribution in [3.63, 3.8) is 0 Å². The van der Waals surface area contributed by atoms with Gasteiger partial charge < -0.3 is 15.2 Å². The summed E-state index contributed by atoms with van der Waals surface area (Å²) in [6.07, 6.45) is 7.92. The molecule has 3 rings (SSSR count). The number of nitrogens with one attached hydrogen (secondary N) is 2. The van der Waals surface area contributed by atoms with Crippen LogP contribution < -0.4 is 5.32 Å². The van der Waals surface area contributed by atoms with Gasteiger partial charge in [0, 0.05) is 30.5 Å². The Morgan fingerprint density at radius 1 is 1.25 bits per heavy atom. The summed E-state index contributed by atoms with van der Waals surface area (Å²) in [5.74, 6) is 0. The standard InChI is InChI=1S/C16H21N3O/c1-19(14-5-3-2-4-6-14)16(20)18-13-8-7-12-9-10-17-15(12)11-13/h7-11,14,17H,2-6H2,1H3,(H,18,20). The molecule has 20 heavy (non-hydrogen) atoms. The summed E-state index contributed by atoms with van der Waals surface area (Å²) in [5, 5.41) is 4.14. The summed E-state index contributed by atoms with van der Waals surface area (Å²) in [7, 11) is 1.90. The number of anilines is 1. The second kappa shape index (κ2) is 5.57. The van der Waals surface area contributed by atoms with Gasteiger partial charge >= 0.3 is 6.03 Å². The second-order valence-corrected chi connectivity index (χ2v) is 5.61. The van der Waals surface area contributed by atoms with Crippen LogP contribution >= 0.6 is 0 Å². The highest BCUT2D eigenvalue weighted by molar-refractivity contribution is 5.92. The molecular formula is C16H21N3O. The molecule has 0 spiro atoms. The normalized spacial score (nSPS) is 16.2. The summed E-state index contributed by atoms with van der Waals surface area (Å²) >= 11 is 0. The van der Waals surface area contributed by atoms with Crippen LogP contribution in [-0.2, 0) is 0 Å². The molecule has 2 N–H and O–H groups in total. The van der Waals surface area contributed by atoms with Crippen LogP contribution in [0.15, 0.2) is 30.5 Å². The summed E-state index contributed by atoms with van der Waals surface area (Å²) in [6, 6.07) is 8.34. The number of amides is 2. The third kappa shape index (κ3) is 2.64. The molecule has 0 aliphatic heterocycles. The molecule has 4 heteroatoms. The van der Waals surface area contributed by atoms with Crippen molar-refractivity contribution in [2.75, 3.05) is 12.4 Å². The van der Waals surface area contributed by atoms with Crippen LogP contribution in [0.3, 0.4) is 0 Å². The number of hydrogen-bond acceptors (Lipinski definition) is 1. The molecule has 1 aliphatic rings. The van der Waals surface area contributed by atoms with Gasteiger partial charge in [-0.2, -0.15) is 0 Å². The van der Waals surface area contributed by atoms with E-state index in [0.717, 1.165) is 29.4 Å². The summed E-state index contributed by atoms with van der Waals surface area (Å²) in [6.45, 7) is 0. The third-order valence-electron chi connectivity index (χ3n) is 4.25. The summed E-state index contributed by atoms with van der Waals surface area (Å²) < 4.78 is 0. The Labute approximate surface area is 119 Å². The van der Waals surface area contributed by atoms with E-state index in [1.165, 1.54) is 19.3 Å². The zero-order chi connectivity index (χ0) is 13.9. The van der Waals surface area contributed by atoms with Gasteiger partial charge in [0.2, 0.25) is 0 Å². The van der Waals surface area contributed by atoms with Crippen molar-refractivity contribution in [3.8, 4) is 0 Å². The van der Waals surface area contributed by atoms with Crippen LogP contribution in [0.4, 0.5) is 10.5 Å². The maximum atomic E-state index is 12.3. The van der Waals surface area contributed by atoms with Gasteiger partial charge in [-0.05, 0) is 36.4 Å². The van der Waals surface area contributed by atoms with Crippen molar-refractivity contribution < 1.29 is 4.79 Å². The van der Waals surface area contributed by atoms with Gasteiger partial charge in [-0.3, -0.25) is 0 Å². The minimum absolute atomic E-state index is 0.0113. The van der Waals surface area contributed by atoms with Crippen molar-refractivity contribution in [2.45, 2.75) is 38.1 Å². The molecule has 4 nitrogen and oxygen atoms in total. The Bertz CT molecular complexity index is 599. The average molecular weight is 271 g/mol. The van der Waals surface area contributed by atoms with Gasteiger partial charge in [0.25, 0.3) is 0 Å². The quantitative estimate of drug-likeness (QED) is 0.853. The number of aromatic amines is 1. The molecule has 0 radical (unpaired) electrons. The van der Waals surface area contributed by atoms with E-state index >= 15 is 0 Å². The molecule has 1 fully saturated rings. The molecule has 1 saturated carbocycles. The number of nitrogens with zero attached hydrogens (tertiary/aromatic N) is 1. The Kier molecular flexibility index (Phi) is 3.63. The van der Waals surface area contributed by atoms with Gasteiger partial charge in [-0.1, -0.05) is 25.3 Å². The molecule has 0 atom stereocenters. The first-order valence-corrected chi connectivity index (χ1v) is 7.35. The van der Waals surface area contributed by atoms with Crippen LogP contribution in [0, 0.1) is 0 Å². The zero-order valence-corrected chi connectivity index (χ0v) is 11.9. The molecule has 1 aromatic carbocycles. The number of H-pyrrole nitrogens is 1. The number of urea groups is 1. The zero-order valence-electron chi connectivity index (χ0n) is 11.9. The van der Waals surface area contributed by atoms with Gasteiger partial charge in [-0.25, -0.2) is 4.79 Å². The summed E-state index contributed by atoms with van der Waals surface area (Å²) in [4.78, 5) is 17.3. The lowest BCUT2D eigenvalue weighted by atomic mass is 9.95. The predicted molar refractivity (Wildman–Crippen MR) is 82.0 cm³/mol. The maximum absolute atomic E-state index is 12.3.